The molecule has 0 saturated heterocycles. The first kappa shape index (κ1) is 16.0. The SMILES string of the molecule is COC(=O)c1c(Cl)cc(CCc2ccccc2)[nH]/c1=N\C=N. The smallest absolute Gasteiger partial charge is 0.343 e. The monoisotopic (exact) mass is 317 g/mol. The molecule has 6 heteroatoms. The minimum Gasteiger partial charge on any atom is -0.465 e. The summed E-state index contributed by atoms with van der Waals surface area (Å²) in [5.41, 5.74) is 2.41. The maximum atomic E-state index is 11.8. The lowest BCUT2D eigenvalue weighted by atomic mass is 10.1. The Morgan fingerprint density at radius 1 is 1.36 bits per heavy atom. The molecule has 0 spiro atoms. The highest BCUT2D eigenvalue weighted by molar-refractivity contribution is 6.33. The largest absolute Gasteiger partial charge is 0.465 e. The Morgan fingerprint density at radius 3 is 2.73 bits per heavy atom. The molecule has 1 aromatic heterocycles. The lowest BCUT2D eigenvalue weighted by Gasteiger charge is -2.07. The summed E-state index contributed by atoms with van der Waals surface area (Å²) in [7, 11) is 1.27. The van der Waals surface area contributed by atoms with Crippen LogP contribution in [-0.4, -0.2) is 24.4 Å². The van der Waals surface area contributed by atoms with E-state index in [9.17, 15) is 4.79 Å². The topological polar surface area (TPSA) is 78.3 Å². The van der Waals surface area contributed by atoms with E-state index in [-0.39, 0.29) is 16.1 Å². The van der Waals surface area contributed by atoms with Gasteiger partial charge in [0.15, 0.2) is 0 Å². The molecule has 1 heterocycles. The summed E-state index contributed by atoms with van der Waals surface area (Å²) in [5, 5.41) is 7.36. The average molecular weight is 318 g/mol. The van der Waals surface area contributed by atoms with Crippen LogP contribution in [0.4, 0.5) is 0 Å². The Labute approximate surface area is 133 Å². The Balaban J connectivity index is 2.32. The molecule has 2 N–H and O–H groups in total. The maximum Gasteiger partial charge on any atom is 0.343 e. The fourth-order valence-corrected chi connectivity index (χ4v) is 2.40. The number of carbonyl (C=O) groups excluding carboxylic acids is 1. The van der Waals surface area contributed by atoms with Gasteiger partial charge >= 0.3 is 5.97 Å². The predicted molar refractivity (Wildman–Crippen MR) is 85.3 cm³/mol. The van der Waals surface area contributed by atoms with E-state index in [1.807, 2.05) is 30.3 Å². The van der Waals surface area contributed by atoms with Gasteiger partial charge in [-0.2, -0.15) is 0 Å². The number of hydrogen-bond donors (Lipinski definition) is 2. The molecule has 0 radical (unpaired) electrons. The van der Waals surface area contributed by atoms with E-state index in [4.69, 9.17) is 21.7 Å². The number of benzene rings is 1. The lowest BCUT2D eigenvalue weighted by Crippen LogP contribution is -2.22. The van der Waals surface area contributed by atoms with Crippen LogP contribution in [0.3, 0.4) is 0 Å². The fourth-order valence-electron chi connectivity index (χ4n) is 2.10. The van der Waals surface area contributed by atoms with Crippen LogP contribution >= 0.6 is 11.6 Å². The molecule has 5 nitrogen and oxygen atoms in total. The van der Waals surface area contributed by atoms with Crippen LogP contribution in [0, 0.1) is 5.41 Å². The Bertz CT molecular complexity index is 739. The van der Waals surface area contributed by atoms with Gasteiger partial charge in [0.05, 0.1) is 12.1 Å². The zero-order chi connectivity index (χ0) is 15.9. The van der Waals surface area contributed by atoms with Crippen LogP contribution in [0.2, 0.25) is 5.02 Å². The second kappa shape index (κ2) is 7.56. The number of pyridine rings is 1. The molecule has 0 saturated carbocycles. The quantitative estimate of drug-likeness (QED) is 0.505. The number of methoxy groups -OCH3 is 1. The fraction of sp³-hybridized carbons (Fsp3) is 0.188. The van der Waals surface area contributed by atoms with E-state index in [1.54, 1.807) is 6.07 Å². The van der Waals surface area contributed by atoms with Crippen molar-refractivity contribution in [1.82, 2.24) is 4.98 Å². The number of hydrogen-bond acceptors (Lipinski definition) is 3. The van der Waals surface area contributed by atoms with Crippen molar-refractivity contribution >= 4 is 23.9 Å². The van der Waals surface area contributed by atoms with Crippen molar-refractivity contribution in [3.8, 4) is 0 Å². The van der Waals surface area contributed by atoms with E-state index in [0.717, 1.165) is 18.5 Å². The second-order valence-electron chi connectivity index (χ2n) is 4.60. The molecule has 0 unspecified atom stereocenters. The van der Waals surface area contributed by atoms with Crippen molar-refractivity contribution in [3.05, 3.63) is 63.7 Å². The third kappa shape index (κ3) is 3.83. The number of ether oxygens (including phenoxy) is 1. The first-order chi connectivity index (χ1) is 10.7. The van der Waals surface area contributed by atoms with Crippen LogP contribution < -0.4 is 5.49 Å². The third-order valence-corrected chi connectivity index (χ3v) is 3.46. The Hall–Kier alpha value is -2.40. The summed E-state index contributed by atoms with van der Waals surface area (Å²) < 4.78 is 4.69. The molecule has 0 aliphatic rings. The van der Waals surface area contributed by atoms with E-state index in [2.05, 4.69) is 9.98 Å². The van der Waals surface area contributed by atoms with E-state index < -0.39 is 5.97 Å². The lowest BCUT2D eigenvalue weighted by molar-refractivity contribution is 0.0598. The van der Waals surface area contributed by atoms with Gasteiger partial charge in [-0.3, -0.25) is 5.41 Å². The molecule has 2 aromatic rings. The molecular weight excluding hydrogens is 302 g/mol. The number of carbonyl (C=O) groups is 1. The summed E-state index contributed by atoms with van der Waals surface area (Å²) in [5.74, 6) is -0.587. The summed E-state index contributed by atoms with van der Waals surface area (Å²) in [4.78, 5) is 18.6. The van der Waals surface area contributed by atoms with Crippen LogP contribution in [-0.2, 0) is 17.6 Å². The zero-order valence-corrected chi connectivity index (χ0v) is 12.9. The van der Waals surface area contributed by atoms with Crippen molar-refractivity contribution in [3.63, 3.8) is 0 Å². The normalized spacial score (nSPS) is 11.3. The van der Waals surface area contributed by atoms with Crippen LogP contribution in [0.5, 0.6) is 0 Å². The second-order valence-corrected chi connectivity index (χ2v) is 5.01. The van der Waals surface area contributed by atoms with E-state index in [0.29, 0.717) is 6.42 Å². The number of esters is 1. The average Bonchev–Trinajstić information content (AvgIpc) is 2.53. The molecule has 0 fully saturated rings. The van der Waals surface area contributed by atoms with Gasteiger partial charge < -0.3 is 9.72 Å². The minimum atomic E-state index is -0.587. The molecule has 1 aromatic carbocycles. The summed E-state index contributed by atoms with van der Waals surface area (Å²) in [6, 6.07) is 11.7. The van der Waals surface area contributed by atoms with Crippen molar-refractivity contribution in [2.24, 2.45) is 4.99 Å². The highest BCUT2D eigenvalue weighted by Crippen LogP contribution is 2.15. The zero-order valence-electron chi connectivity index (χ0n) is 12.1. The first-order valence-electron chi connectivity index (χ1n) is 6.72. The number of aryl methyl sites for hydroxylation is 2. The van der Waals surface area contributed by atoms with Gasteiger partial charge in [-0.1, -0.05) is 41.9 Å². The molecule has 0 aliphatic carbocycles. The van der Waals surface area contributed by atoms with Crippen molar-refractivity contribution < 1.29 is 9.53 Å². The van der Waals surface area contributed by atoms with E-state index >= 15 is 0 Å². The van der Waals surface area contributed by atoms with Gasteiger partial charge in [-0.15, -0.1) is 0 Å². The summed E-state index contributed by atoms with van der Waals surface area (Å²) in [6.07, 6.45) is 2.40. The highest BCUT2D eigenvalue weighted by Gasteiger charge is 2.15. The summed E-state index contributed by atoms with van der Waals surface area (Å²) in [6.45, 7) is 0. The van der Waals surface area contributed by atoms with Crippen LogP contribution in [0.1, 0.15) is 21.6 Å². The van der Waals surface area contributed by atoms with Gasteiger partial charge in [-0.05, 0) is 24.5 Å². The molecule has 114 valence electrons. The van der Waals surface area contributed by atoms with Crippen molar-refractivity contribution in [2.45, 2.75) is 12.8 Å². The molecule has 0 atom stereocenters. The van der Waals surface area contributed by atoms with Gasteiger partial charge in [0.2, 0.25) is 0 Å². The first-order valence-corrected chi connectivity index (χ1v) is 7.10. The predicted octanol–water partition coefficient (Wildman–Crippen LogP) is 2.75. The van der Waals surface area contributed by atoms with Gasteiger partial charge in [-0.25, -0.2) is 9.79 Å². The summed E-state index contributed by atoms with van der Waals surface area (Å²) >= 11 is 6.17. The number of rotatable bonds is 5. The standard InChI is InChI=1S/C16H16ClN3O2/c1-22-16(21)14-13(17)9-12(20-15(14)19-10-18)8-7-11-5-3-2-4-6-11/h2-6,9-10H,7-8H2,1H3,(H2,18,19,20). The molecule has 22 heavy (non-hydrogen) atoms. The van der Waals surface area contributed by atoms with Crippen LogP contribution in [0.15, 0.2) is 41.4 Å². The van der Waals surface area contributed by atoms with Crippen LogP contribution in [0.25, 0.3) is 0 Å². The number of aromatic nitrogens is 1. The number of aromatic amines is 1. The number of H-pyrrole nitrogens is 1. The van der Waals surface area contributed by atoms with Gasteiger partial charge in [0.1, 0.15) is 17.4 Å². The molecule has 0 amide bonds. The maximum absolute atomic E-state index is 11.8. The molecule has 0 aliphatic heterocycles. The highest BCUT2D eigenvalue weighted by atomic mass is 35.5. The Morgan fingerprint density at radius 2 is 2.09 bits per heavy atom. The molecule has 0 bridgehead atoms. The number of nitrogens with one attached hydrogen (secondary N) is 2. The minimum absolute atomic E-state index is 0.135. The van der Waals surface area contributed by atoms with Crippen molar-refractivity contribution in [1.29, 1.82) is 5.41 Å². The molecular formula is C16H16ClN3O2. The van der Waals surface area contributed by atoms with E-state index in [1.165, 1.54) is 12.7 Å². The van der Waals surface area contributed by atoms with Crippen molar-refractivity contribution in [2.75, 3.05) is 7.11 Å². The third-order valence-electron chi connectivity index (χ3n) is 3.16. The number of nitrogens with zero attached hydrogens (tertiary/aromatic N) is 1. The Kier molecular flexibility index (Phi) is 5.49. The van der Waals surface area contributed by atoms with Gasteiger partial charge in [0.25, 0.3) is 0 Å². The van der Waals surface area contributed by atoms with Gasteiger partial charge in [0, 0.05) is 5.69 Å². The molecule has 2 rings (SSSR count). The number of halogens is 1.